The molecule has 1 amide bonds. The molecule has 0 unspecified atom stereocenters. The fourth-order valence-electron chi connectivity index (χ4n) is 2.71. The lowest BCUT2D eigenvalue weighted by Crippen LogP contribution is -2.52. The summed E-state index contributed by atoms with van der Waals surface area (Å²) >= 11 is 1.50. The number of hydrogen-bond acceptors (Lipinski definition) is 5. The van der Waals surface area contributed by atoms with Crippen molar-refractivity contribution in [2.45, 2.75) is 26.3 Å². The molecule has 1 N–H and O–H groups in total. The van der Waals surface area contributed by atoms with Gasteiger partial charge in [-0.1, -0.05) is 6.92 Å². The van der Waals surface area contributed by atoms with E-state index in [9.17, 15) is 4.79 Å². The molecule has 1 aromatic heterocycles. The van der Waals surface area contributed by atoms with E-state index in [1.807, 2.05) is 34.5 Å². The number of halogens is 1. The van der Waals surface area contributed by atoms with Crippen LogP contribution in [0, 0.1) is 0 Å². The van der Waals surface area contributed by atoms with E-state index in [4.69, 9.17) is 4.74 Å². The average Bonchev–Trinajstić information content (AvgIpc) is 3.10. The Morgan fingerprint density at radius 2 is 2.16 bits per heavy atom. The SMILES string of the molecule is CCCOc1ccc(-c2nc(C(=O)N3CCNC[C@H]3C)cs2)cc1.Cl. The first-order valence-electron chi connectivity index (χ1n) is 8.39. The summed E-state index contributed by atoms with van der Waals surface area (Å²) < 4.78 is 5.60. The molecule has 25 heavy (non-hydrogen) atoms. The van der Waals surface area contributed by atoms with Crippen molar-refractivity contribution < 1.29 is 9.53 Å². The molecule has 0 bridgehead atoms. The molecule has 5 nitrogen and oxygen atoms in total. The first-order valence-corrected chi connectivity index (χ1v) is 9.27. The molecule has 1 saturated heterocycles. The molecule has 2 heterocycles. The van der Waals surface area contributed by atoms with Crippen LogP contribution in [0.5, 0.6) is 5.75 Å². The topological polar surface area (TPSA) is 54.5 Å². The second kappa shape index (κ2) is 9.17. The van der Waals surface area contributed by atoms with Gasteiger partial charge in [0.25, 0.3) is 5.91 Å². The zero-order valence-corrected chi connectivity index (χ0v) is 16.2. The molecule has 0 radical (unpaired) electrons. The van der Waals surface area contributed by atoms with Gasteiger partial charge in [0, 0.05) is 36.6 Å². The number of nitrogens with one attached hydrogen (secondary N) is 1. The number of nitrogens with zero attached hydrogens (tertiary/aromatic N) is 2. The van der Waals surface area contributed by atoms with Crippen LogP contribution in [-0.2, 0) is 0 Å². The molecule has 1 aliphatic heterocycles. The minimum atomic E-state index is 0. The van der Waals surface area contributed by atoms with Gasteiger partial charge in [0.2, 0.25) is 0 Å². The van der Waals surface area contributed by atoms with Crippen LogP contribution in [0.3, 0.4) is 0 Å². The third-order valence-electron chi connectivity index (χ3n) is 4.06. The summed E-state index contributed by atoms with van der Waals surface area (Å²) in [6, 6.07) is 8.08. The standard InChI is InChI=1S/C18H23N3O2S.ClH/c1-3-10-23-15-6-4-14(5-7-15)17-20-16(12-24-17)18(22)21-9-8-19-11-13(21)2;/h4-7,12-13,19H,3,8-11H2,1-2H3;1H/t13-;/m1./s1. The molecule has 1 aromatic carbocycles. The highest BCUT2D eigenvalue weighted by atomic mass is 35.5. The lowest BCUT2D eigenvalue weighted by molar-refractivity contribution is 0.0650. The maximum Gasteiger partial charge on any atom is 0.273 e. The van der Waals surface area contributed by atoms with Crippen LogP contribution >= 0.6 is 23.7 Å². The highest BCUT2D eigenvalue weighted by Crippen LogP contribution is 2.26. The van der Waals surface area contributed by atoms with Crippen LogP contribution in [0.2, 0.25) is 0 Å². The van der Waals surface area contributed by atoms with Gasteiger partial charge in [0.1, 0.15) is 16.5 Å². The molecule has 2 aromatic rings. The summed E-state index contributed by atoms with van der Waals surface area (Å²) in [5.41, 5.74) is 1.55. The van der Waals surface area contributed by atoms with E-state index in [-0.39, 0.29) is 24.4 Å². The van der Waals surface area contributed by atoms with E-state index < -0.39 is 0 Å². The molecule has 1 fully saturated rings. The van der Waals surface area contributed by atoms with Crippen molar-refractivity contribution in [2.24, 2.45) is 0 Å². The van der Waals surface area contributed by atoms with E-state index in [0.717, 1.165) is 49.0 Å². The molecule has 0 spiro atoms. The minimum Gasteiger partial charge on any atom is -0.494 e. The number of ether oxygens (including phenoxy) is 1. The highest BCUT2D eigenvalue weighted by Gasteiger charge is 2.25. The Bertz CT molecular complexity index is 690. The van der Waals surface area contributed by atoms with Gasteiger partial charge in [-0.15, -0.1) is 23.7 Å². The zero-order valence-electron chi connectivity index (χ0n) is 14.5. The predicted molar refractivity (Wildman–Crippen MR) is 104 cm³/mol. The number of thiazole rings is 1. The van der Waals surface area contributed by atoms with Gasteiger partial charge in [-0.3, -0.25) is 4.79 Å². The number of hydrogen-bond donors (Lipinski definition) is 1. The summed E-state index contributed by atoms with van der Waals surface area (Å²) in [6.07, 6.45) is 0.990. The molecule has 1 aliphatic rings. The summed E-state index contributed by atoms with van der Waals surface area (Å²) in [7, 11) is 0. The van der Waals surface area contributed by atoms with Crippen molar-refractivity contribution in [3.63, 3.8) is 0 Å². The first kappa shape index (κ1) is 19.7. The average molecular weight is 382 g/mol. The maximum atomic E-state index is 12.6. The number of aromatic nitrogens is 1. The number of benzene rings is 1. The molecular formula is C18H24ClN3O2S. The molecule has 1 atom stereocenters. The summed E-state index contributed by atoms with van der Waals surface area (Å²) in [5.74, 6) is 0.887. The summed E-state index contributed by atoms with van der Waals surface area (Å²) in [4.78, 5) is 19.1. The van der Waals surface area contributed by atoms with Crippen LogP contribution in [-0.4, -0.2) is 48.1 Å². The second-order valence-electron chi connectivity index (χ2n) is 5.96. The monoisotopic (exact) mass is 381 g/mol. The molecule has 0 saturated carbocycles. The van der Waals surface area contributed by atoms with Crippen molar-refractivity contribution in [3.05, 3.63) is 35.3 Å². The van der Waals surface area contributed by atoms with Crippen LogP contribution in [0.15, 0.2) is 29.6 Å². The van der Waals surface area contributed by atoms with Gasteiger partial charge in [-0.05, 0) is 37.6 Å². The quantitative estimate of drug-likeness (QED) is 0.861. The van der Waals surface area contributed by atoms with Gasteiger partial charge in [0.05, 0.1) is 6.61 Å². The van der Waals surface area contributed by atoms with Gasteiger partial charge in [0.15, 0.2) is 0 Å². The van der Waals surface area contributed by atoms with Gasteiger partial charge in [-0.2, -0.15) is 0 Å². The molecular weight excluding hydrogens is 358 g/mol. The third-order valence-corrected chi connectivity index (χ3v) is 4.95. The Balaban J connectivity index is 0.00000225. The number of amides is 1. The van der Waals surface area contributed by atoms with Gasteiger partial charge < -0.3 is 15.0 Å². The minimum absolute atomic E-state index is 0. The Labute approximate surface area is 158 Å². The smallest absolute Gasteiger partial charge is 0.273 e. The Morgan fingerprint density at radius 1 is 1.40 bits per heavy atom. The fraction of sp³-hybridized carbons (Fsp3) is 0.444. The number of rotatable bonds is 5. The number of carbonyl (C=O) groups excluding carboxylic acids is 1. The Morgan fingerprint density at radius 3 is 2.84 bits per heavy atom. The summed E-state index contributed by atoms with van der Waals surface area (Å²) in [5, 5.41) is 6.02. The van der Waals surface area contributed by atoms with Crippen LogP contribution in [0.4, 0.5) is 0 Å². The highest BCUT2D eigenvalue weighted by molar-refractivity contribution is 7.13. The van der Waals surface area contributed by atoms with E-state index in [2.05, 4.69) is 24.1 Å². The Hall–Kier alpha value is -1.63. The van der Waals surface area contributed by atoms with E-state index in [0.29, 0.717) is 5.69 Å². The van der Waals surface area contributed by atoms with Gasteiger partial charge in [-0.25, -0.2) is 4.98 Å². The fourth-order valence-corrected chi connectivity index (χ4v) is 3.51. The third kappa shape index (κ3) is 4.71. The van der Waals surface area contributed by atoms with Crippen molar-refractivity contribution in [3.8, 4) is 16.3 Å². The number of carbonyl (C=O) groups is 1. The lowest BCUT2D eigenvalue weighted by Gasteiger charge is -2.33. The molecule has 3 rings (SSSR count). The maximum absolute atomic E-state index is 12.6. The predicted octanol–water partition coefficient (Wildman–Crippen LogP) is 3.45. The summed E-state index contributed by atoms with van der Waals surface area (Å²) in [6.45, 7) is 7.27. The first-order chi connectivity index (χ1) is 11.7. The van der Waals surface area contributed by atoms with Crippen molar-refractivity contribution >= 4 is 29.7 Å². The van der Waals surface area contributed by atoms with Crippen LogP contribution in [0.1, 0.15) is 30.8 Å². The lowest BCUT2D eigenvalue weighted by atomic mass is 10.2. The van der Waals surface area contributed by atoms with E-state index >= 15 is 0 Å². The zero-order chi connectivity index (χ0) is 16.9. The number of piperazine rings is 1. The van der Waals surface area contributed by atoms with Crippen molar-refractivity contribution in [2.75, 3.05) is 26.2 Å². The van der Waals surface area contributed by atoms with E-state index in [1.165, 1.54) is 11.3 Å². The largest absolute Gasteiger partial charge is 0.494 e. The second-order valence-corrected chi connectivity index (χ2v) is 6.82. The van der Waals surface area contributed by atoms with E-state index in [1.54, 1.807) is 0 Å². The van der Waals surface area contributed by atoms with Gasteiger partial charge >= 0.3 is 0 Å². The normalized spacial score (nSPS) is 17.0. The van der Waals surface area contributed by atoms with Crippen LogP contribution in [0.25, 0.3) is 10.6 Å². The van der Waals surface area contributed by atoms with Crippen LogP contribution < -0.4 is 10.1 Å². The van der Waals surface area contributed by atoms with Crippen molar-refractivity contribution in [1.29, 1.82) is 0 Å². The Kier molecular flexibility index (Phi) is 7.23. The molecule has 136 valence electrons. The molecule has 7 heteroatoms. The molecule has 0 aliphatic carbocycles. The van der Waals surface area contributed by atoms with Crippen molar-refractivity contribution in [1.82, 2.24) is 15.2 Å².